The molecule has 1 aliphatic carbocycles. The van der Waals surface area contributed by atoms with Crippen LogP contribution in [0.1, 0.15) is 12.1 Å². The summed E-state index contributed by atoms with van der Waals surface area (Å²) in [5.41, 5.74) is 3.08. The number of thiazole rings is 1. The molecule has 9 nitrogen and oxygen atoms in total. The van der Waals surface area contributed by atoms with Gasteiger partial charge in [-0.2, -0.15) is 4.98 Å². The molecule has 4 aromatic rings. The molecule has 0 bridgehead atoms. The fourth-order valence-electron chi connectivity index (χ4n) is 4.16. The molecule has 3 aromatic heterocycles. The molecule has 0 saturated heterocycles. The van der Waals surface area contributed by atoms with Crippen molar-refractivity contribution in [1.82, 2.24) is 19.9 Å². The molecule has 1 aliphatic rings. The monoisotopic (exact) mass is 464 g/mol. The Kier molecular flexibility index (Phi) is 5.90. The number of rotatable bonds is 6. The lowest BCUT2D eigenvalue weighted by Crippen LogP contribution is -2.35. The number of benzene rings is 1. The SMILES string of the molecule is Cc1nc(Nc2cccnc2)nc(NC2CC(CO)C(O)C2O)c1-c1nc2ccccc2s1. The van der Waals surface area contributed by atoms with Crippen molar-refractivity contribution in [2.45, 2.75) is 31.6 Å². The van der Waals surface area contributed by atoms with Gasteiger partial charge in [0.1, 0.15) is 16.9 Å². The summed E-state index contributed by atoms with van der Waals surface area (Å²) >= 11 is 1.54. The van der Waals surface area contributed by atoms with E-state index in [-0.39, 0.29) is 6.61 Å². The summed E-state index contributed by atoms with van der Waals surface area (Å²) in [5.74, 6) is 0.474. The van der Waals surface area contributed by atoms with E-state index in [0.29, 0.717) is 23.9 Å². The van der Waals surface area contributed by atoms with Crippen LogP contribution in [-0.4, -0.2) is 60.1 Å². The second-order valence-corrected chi connectivity index (χ2v) is 9.15. The summed E-state index contributed by atoms with van der Waals surface area (Å²) in [7, 11) is 0. The van der Waals surface area contributed by atoms with Crippen LogP contribution in [0, 0.1) is 12.8 Å². The highest BCUT2D eigenvalue weighted by atomic mass is 32.1. The molecule has 33 heavy (non-hydrogen) atoms. The van der Waals surface area contributed by atoms with Crippen LogP contribution >= 0.6 is 11.3 Å². The van der Waals surface area contributed by atoms with E-state index < -0.39 is 24.2 Å². The van der Waals surface area contributed by atoms with Crippen LogP contribution in [0.25, 0.3) is 20.8 Å². The van der Waals surface area contributed by atoms with Gasteiger partial charge in [0.2, 0.25) is 5.95 Å². The van der Waals surface area contributed by atoms with Crippen LogP contribution in [0.2, 0.25) is 0 Å². The first kappa shape index (κ1) is 21.7. The van der Waals surface area contributed by atoms with E-state index in [0.717, 1.165) is 26.5 Å². The molecule has 1 saturated carbocycles. The van der Waals surface area contributed by atoms with Crippen molar-refractivity contribution in [3.05, 3.63) is 54.5 Å². The molecule has 1 fully saturated rings. The van der Waals surface area contributed by atoms with E-state index in [9.17, 15) is 15.3 Å². The third-order valence-electron chi connectivity index (χ3n) is 5.87. The zero-order chi connectivity index (χ0) is 22.9. The number of aliphatic hydroxyl groups is 3. The van der Waals surface area contributed by atoms with E-state index in [2.05, 4.69) is 20.6 Å². The Hall–Kier alpha value is -3.18. The van der Waals surface area contributed by atoms with Gasteiger partial charge in [0.15, 0.2) is 0 Å². The Morgan fingerprint density at radius 3 is 2.64 bits per heavy atom. The molecular weight excluding hydrogens is 440 g/mol. The maximum Gasteiger partial charge on any atom is 0.229 e. The molecule has 5 N–H and O–H groups in total. The van der Waals surface area contributed by atoms with Crippen molar-refractivity contribution in [2.75, 3.05) is 17.2 Å². The van der Waals surface area contributed by atoms with Gasteiger partial charge in [-0.3, -0.25) is 4.98 Å². The lowest BCUT2D eigenvalue weighted by molar-refractivity contribution is 0.00446. The highest BCUT2D eigenvalue weighted by Crippen LogP contribution is 2.38. The first-order valence-corrected chi connectivity index (χ1v) is 11.5. The van der Waals surface area contributed by atoms with Gasteiger partial charge in [0.05, 0.1) is 45.5 Å². The number of nitrogens with one attached hydrogen (secondary N) is 2. The Labute approximate surface area is 194 Å². The van der Waals surface area contributed by atoms with Gasteiger partial charge in [-0.15, -0.1) is 11.3 Å². The maximum absolute atomic E-state index is 10.6. The van der Waals surface area contributed by atoms with Crippen molar-refractivity contribution >= 4 is 39.0 Å². The van der Waals surface area contributed by atoms with Gasteiger partial charge in [0.25, 0.3) is 0 Å². The van der Waals surface area contributed by atoms with E-state index in [1.54, 1.807) is 12.4 Å². The number of hydrogen-bond donors (Lipinski definition) is 5. The Morgan fingerprint density at radius 1 is 1.06 bits per heavy atom. The number of hydrogen-bond acceptors (Lipinski definition) is 10. The standard InChI is InChI=1S/C23H24N6O3S/c1-12-18(22-28-15-6-2-3-7-17(15)33-22)21(27-16-9-13(11-30)19(31)20(16)32)29-23(25-12)26-14-5-4-8-24-10-14/h2-8,10,13,16,19-20,30-32H,9,11H2,1H3,(H2,25,26,27,29). The summed E-state index contributed by atoms with van der Waals surface area (Å²) in [6, 6.07) is 11.1. The summed E-state index contributed by atoms with van der Waals surface area (Å²) in [4.78, 5) is 18.2. The quantitative estimate of drug-likeness (QED) is 0.292. The third-order valence-corrected chi connectivity index (χ3v) is 6.93. The fourth-order valence-corrected chi connectivity index (χ4v) is 5.22. The molecule has 1 aromatic carbocycles. The van der Waals surface area contributed by atoms with Gasteiger partial charge < -0.3 is 26.0 Å². The first-order valence-electron chi connectivity index (χ1n) is 10.7. The topological polar surface area (TPSA) is 136 Å². The van der Waals surface area contributed by atoms with Crippen molar-refractivity contribution in [2.24, 2.45) is 5.92 Å². The minimum atomic E-state index is -1.03. The van der Waals surface area contributed by atoms with E-state index in [4.69, 9.17) is 9.97 Å². The fraction of sp³-hybridized carbons (Fsp3) is 0.304. The molecule has 5 rings (SSSR count). The number of aromatic nitrogens is 4. The number of aryl methyl sites for hydroxylation is 1. The second-order valence-electron chi connectivity index (χ2n) is 8.12. The Bertz CT molecular complexity index is 1230. The van der Waals surface area contributed by atoms with Gasteiger partial charge in [-0.1, -0.05) is 12.1 Å². The zero-order valence-electron chi connectivity index (χ0n) is 17.9. The number of aliphatic hydroxyl groups excluding tert-OH is 3. The average Bonchev–Trinajstić information content (AvgIpc) is 3.35. The van der Waals surface area contributed by atoms with E-state index in [1.807, 2.05) is 43.3 Å². The first-order chi connectivity index (χ1) is 16.0. The molecule has 0 spiro atoms. The van der Waals surface area contributed by atoms with Crippen LogP contribution in [-0.2, 0) is 0 Å². The summed E-state index contributed by atoms with van der Waals surface area (Å²) in [6.07, 6.45) is 1.73. The van der Waals surface area contributed by atoms with Gasteiger partial charge in [-0.05, 0) is 37.6 Å². The molecule has 4 unspecified atom stereocenters. The van der Waals surface area contributed by atoms with Crippen LogP contribution in [0.5, 0.6) is 0 Å². The van der Waals surface area contributed by atoms with Gasteiger partial charge in [0, 0.05) is 18.7 Å². The van der Waals surface area contributed by atoms with E-state index >= 15 is 0 Å². The highest BCUT2D eigenvalue weighted by Gasteiger charge is 2.41. The molecule has 0 amide bonds. The van der Waals surface area contributed by atoms with Crippen molar-refractivity contribution in [3.63, 3.8) is 0 Å². The van der Waals surface area contributed by atoms with Crippen LogP contribution in [0.3, 0.4) is 0 Å². The summed E-state index contributed by atoms with van der Waals surface area (Å²) in [5, 5.41) is 37.6. The molecular formula is C23H24N6O3S. The Balaban J connectivity index is 1.57. The minimum Gasteiger partial charge on any atom is -0.396 e. The lowest BCUT2D eigenvalue weighted by atomic mass is 10.1. The lowest BCUT2D eigenvalue weighted by Gasteiger charge is -2.21. The summed E-state index contributed by atoms with van der Waals surface area (Å²) < 4.78 is 1.05. The predicted octanol–water partition coefficient (Wildman–Crippen LogP) is 2.71. The molecule has 0 radical (unpaired) electrons. The molecule has 3 heterocycles. The Morgan fingerprint density at radius 2 is 1.91 bits per heavy atom. The zero-order valence-corrected chi connectivity index (χ0v) is 18.7. The third kappa shape index (κ3) is 4.25. The largest absolute Gasteiger partial charge is 0.396 e. The second kappa shape index (κ2) is 8.99. The number of pyridine rings is 1. The van der Waals surface area contributed by atoms with Crippen LogP contribution in [0.4, 0.5) is 17.5 Å². The predicted molar refractivity (Wildman–Crippen MR) is 128 cm³/mol. The van der Waals surface area contributed by atoms with Crippen molar-refractivity contribution < 1.29 is 15.3 Å². The average molecular weight is 465 g/mol. The van der Waals surface area contributed by atoms with Crippen molar-refractivity contribution in [1.29, 1.82) is 0 Å². The maximum atomic E-state index is 10.6. The normalized spacial score (nSPS) is 22.5. The number of para-hydroxylation sites is 1. The van der Waals surface area contributed by atoms with Crippen molar-refractivity contribution in [3.8, 4) is 10.6 Å². The van der Waals surface area contributed by atoms with Crippen LogP contribution in [0.15, 0.2) is 48.8 Å². The summed E-state index contributed by atoms with van der Waals surface area (Å²) in [6.45, 7) is 1.69. The molecule has 170 valence electrons. The van der Waals surface area contributed by atoms with Crippen LogP contribution < -0.4 is 10.6 Å². The smallest absolute Gasteiger partial charge is 0.229 e. The molecule has 4 atom stereocenters. The molecule has 10 heteroatoms. The van der Waals surface area contributed by atoms with Gasteiger partial charge >= 0.3 is 0 Å². The van der Waals surface area contributed by atoms with E-state index in [1.165, 1.54) is 11.3 Å². The number of anilines is 3. The number of nitrogens with zero attached hydrogens (tertiary/aromatic N) is 4. The van der Waals surface area contributed by atoms with Gasteiger partial charge in [-0.25, -0.2) is 9.97 Å². The number of fused-ring (bicyclic) bond motifs is 1. The minimum absolute atomic E-state index is 0.197. The molecule has 0 aliphatic heterocycles. The highest BCUT2D eigenvalue weighted by molar-refractivity contribution is 7.21.